The number of nitrogens with one attached hydrogen (secondary N) is 1. The Morgan fingerprint density at radius 1 is 1.03 bits per heavy atom. The summed E-state index contributed by atoms with van der Waals surface area (Å²) in [6.45, 7) is 0. The molecule has 31 heavy (non-hydrogen) atoms. The first-order valence-corrected chi connectivity index (χ1v) is 11.9. The van der Waals surface area contributed by atoms with Gasteiger partial charge in [-0.1, -0.05) is 41.3 Å². The first-order chi connectivity index (χ1) is 15.2. The van der Waals surface area contributed by atoms with Gasteiger partial charge in [0.05, 0.1) is 5.69 Å². The summed E-state index contributed by atoms with van der Waals surface area (Å²) in [7, 11) is 0. The number of thioether (sulfide) groups is 1. The zero-order chi connectivity index (χ0) is 21.0. The predicted octanol–water partition coefficient (Wildman–Crippen LogP) is 5.44. The van der Waals surface area contributed by atoms with Gasteiger partial charge in [-0.2, -0.15) is 0 Å². The van der Waals surface area contributed by atoms with Crippen LogP contribution in [-0.4, -0.2) is 19.6 Å². The second kappa shape index (κ2) is 8.88. The molecular weight excluding hydrogens is 450 g/mol. The molecule has 0 spiro atoms. The van der Waals surface area contributed by atoms with Gasteiger partial charge in [0, 0.05) is 29.1 Å². The highest BCUT2D eigenvalue weighted by Crippen LogP contribution is 2.30. The molecule has 7 nitrogen and oxygen atoms in total. The van der Waals surface area contributed by atoms with E-state index in [1.54, 1.807) is 16.7 Å². The van der Waals surface area contributed by atoms with Crippen molar-refractivity contribution >= 4 is 50.2 Å². The van der Waals surface area contributed by atoms with Gasteiger partial charge in [0.2, 0.25) is 5.13 Å². The van der Waals surface area contributed by atoms with E-state index in [4.69, 9.17) is 4.74 Å². The van der Waals surface area contributed by atoms with Crippen LogP contribution in [0.3, 0.4) is 0 Å². The average Bonchev–Trinajstić information content (AvgIpc) is 3.44. The molecule has 0 aliphatic heterocycles. The molecule has 3 heterocycles. The molecule has 5 rings (SSSR count). The molecule has 0 aliphatic rings. The minimum atomic E-state index is -0.0684. The lowest BCUT2D eigenvalue weighted by Gasteiger charge is -2.06. The van der Waals surface area contributed by atoms with Crippen LogP contribution in [-0.2, 0) is 5.75 Å². The standard InChI is InChI=1S/C21H15N5O2S3/c27-18-12-15(23-20-26(18)10-11-29-20)13-30-21-25-24-19(31-21)22-14-6-8-17(9-7-14)28-16-4-2-1-3-5-16/h1-12H,13H2,(H,22,24). The smallest absolute Gasteiger partial charge is 0.258 e. The number of hydrogen-bond donors (Lipinski definition) is 1. The maximum Gasteiger partial charge on any atom is 0.258 e. The van der Waals surface area contributed by atoms with E-state index in [9.17, 15) is 4.79 Å². The molecule has 0 saturated carbocycles. The van der Waals surface area contributed by atoms with Gasteiger partial charge >= 0.3 is 0 Å². The highest BCUT2D eigenvalue weighted by Gasteiger charge is 2.09. The molecule has 154 valence electrons. The van der Waals surface area contributed by atoms with Gasteiger partial charge in [-0.05, 0) is 36.4 Å². The van der Waals surface area contributed by atoms with E-state index >= 15 is 0 Å². The number of fused-ring (bicyclic) bond motifs is 1. The fraction of sp³-hybridized carbons (Fsp3) is 0.0476. The van der Waals surface area contributed by atoms with Crippen molar-refractivity contribution < 1.29 is 4.74 Å². The Bertz CT molecular complexity index is 1360. The number of nitrogens with zero attached hydrogens (tertiary/aromatic N) is 4. The first-order valence-electron chi connectivity index (χ1n) is 9.25. The maximum atomic E-state index is 12.1. The average molecular weight is 466 g/mol. The third-order valence-corrected chi connectivity index (χ3v) is 6.95. The lowest BCUT2D eigenvalue weighted by molar-refractivity contribution is 0.483. The van der Waals surface area contributed by atoms with Crippen LogP contribution in [0.1, 0.15) is 5.69 Å². The van der Waals surface area contributed by atoms with E-state index < -0.39 is 0 Å². The molecule has 10 heteroatoms. The van der Waals surface area contributed by atoms with Gasteiger partial charge < -0.3 is 10.1 Å². The summed E-state index contributed by atoms with van der Waals surface area (Å²) < 4.78 is 8.16. The number of aromatic nitrogens is 4. The Morgan fingerprint density at radius 2 is 1.84 bits per heavy atom. The molecule has 0 amide bonds. The van der Waals surface area contributed by atoms with E-state index in [0.717, 1.165) is 27.2 Å². The van der Waals surface area contributed by atoms with Crippen molar-refractivity contribution in [3.05, 3.63) is 88.3 Å². The van der Waals surface area contributed by atoms with Gasteiger partial charge in [0.15, 0.2) is 9.30 Å². The third-order valence-electron chi connectivity index (χ3n) is 4.19. The molecule has 0 atom stereocenters. The summed E-state index contributed by atoms with van der Waals surface area (Å²) >= 11 is 4.40. The molecule has 0 unspecified atom stereocenters. The number of para-hydroxylation sites is 1. The van der Waals surface area contributed by atoms with E-state index in [2.05, 4.69) is 20.5 Å². The van der Waals surface area contributed by atoms with Gasteiger partial charge in [0.1, 0.15) is 11.5 Å². The number of anilines is 2. The second-order valence-electron chi connectivity index (χ2n) is 6.37. The number of benzene rings is 2. The zero-order valence-corrected chi connectivity index (χ0v) is 18.4. The van der Waals surface area contributed by atoms with E-state index in [1.165, 1.54) is 34.4 Å². The second-order valence-corrected chi connectivity index (χ2v) is 9.44. The summed E-state index contributed by atoms with van der Waals surface area (Å²) in [5, 5.41) is 14.2. The van der Waals surface area contributed by atoms with Crippen molar-refractivity contribution in [2.45, 2.75) is 10.1 Å². The maximum absolute atomic E-state index is 12.1. The van der Waals surface area contributed by atoms with Crippen molar-refractivity contribution in [2.24, 2.45) is 0 Å². The van der Waals surface area contributed by atoms with Crippen LogP contribution in [0.25, 0.3) is 4.96 Å². The summed E-state index contributed by atoms with van der Waals surface area (Å²) in [6, 6.07) is 18.9. The van der Waals surface area contributed by atoms with Crippen molar-refractivity contribution in [1.29, 1.82) is 0 Å². The van der Waals surface area contributed by atoms with Crippen LogP contribution in [0.2, 0.25) is 0 Å². The van der Waals surface area contributed by atoms with Gasteiger partial charge in [-0.15, -0.1) is 21.5 Å². The Hall–Kier alpha value is -3.21. The van der Waals surface area contributed by atoms with Gasteiger partial charge in [-0.25, -0.2) is 4.98 Å². The number of ether oxygens (including phenoxy) is 1. The first kappa shape index (κ1) is 19.7. The van der Waals surface area contributed by atoms with Crippen LogP contribution in [0, 0.1) is 0 Å². The van der Waals surface area contributed by atoms with Crippen molar-refractivity contribution in [3.8, 4) is 11.5 Å². The van der Waals surface area contributed by atoms with Gasteiger partial charge in [-0.3, -0.25) is 9.20 Å². The largest absolute Gasteiger partial charge is 0.457 e. The van der Waals surface area contributed by atoms with Crippen LogP contribution >= 0.6 is 34.4 Å². The lowest BCUT2D eigenvalue weighted by Crippen LogP contribution is -2.12. The molecule has 0 bridgehead atoms. The van der Waals surface area contributed by atoms with Crippen LogP contribution in [0.4, 0.5) is 10.8 Å². The molecule has 0 aliphatic carbocycles. The zero-order valence-electron chi connectivity index (χ0n) is 16.0. The number of thiazole rings is 1. The van der Waals surface area contributed by atoms with E-state index in [1.807, 2.05) is 60.0 Å². The highest BCUT2D eigenvalue weighted by molar-refractivity contribution is 8.00. The fourth-order valence-electron chi connectivity index (χ4n) is 2.77. The predicted molar refractivity (Wildman–Crippen MR) is 125 cm³/mol. The van der Waals surface area contributed by atoms with E-state index in [-0.39, 0.29) is 5.56 Å². The minimum Gasteiger partial charge on any atom is -0.457 e. The fourth-order valence-corrected chi connectivity index (χ4v) is 5.17. The Kier molecular flexibility index (Phi) is 5.65. The molecule has 3 aromatic heterocycles. The molecule has 0 radical (unpaired) electrons. The van der Waals surface area contributed by atoms with Crippen molar-refractivity contribution in [3.63, 3.8) is 0 Å². The number of rotatable bonds is 7. The minimum absolute atomic E-state index is 0.0684. The summed E-state index contributed by atoms with van der Waals surface area (Å²) in [5.74, 6) is 2.12. The third kappa shape index (κ3) is 4.76. The highest BCUT2D eigenvalue weighted by atomic mass is 32.2. The van der Waals surface area contributed by atoms with E-state index in [0.29, 0.717) is 15.8 Å². The topological polar surface area (TPSA) is 81.4 Å². The lowest BCUT2D eigenvalue weighted by atomic mass is 10.3. The van der Waals surface area contributed by atoms with Gasteiger partial charge in [0.25, 0.3) is 5.56 Å². The van der Waals surface area contributed by atoms with Crippen LogP contribution < -0.4 is 15.6 Å². The molecule has 5 aromatic rings. The molecule has 0 fully saturated rings. The Balaban J connectivity index is 1.20. The van der Waals surface area contributed by atoms with Crippen molar-refractivity contribution in [2.75, 3.05) is 5.32 Å². The monoisotopic (exact) mass is 465 g/mol. The van der Waals surface area contributed by atoms with Crippen LogP contribution in [0.15, 0.2) is 81.4 Å². The van der Waals surface area contributed by atoms with Crippen molar-refractivity contribution in [1.82, 2.24) is 19.6 Å². The molecule has 0 saturated heterocycles. The Morgan fingerprint density at radius 3 is 2.68 bits per heavy atom. The molecule has 2 aromatic carbocycles. The molecule has 1 N–H and O–H groups in total. The quantitative estimate of drug-likeness (QED) is 0.321. The number of hydrogen-bond acceptors (Lipinski definition) is 9. The Labute approximate surface area is 189 Å². The normalized spacial score (nSPS) is 11.0. The van der Waals surface area contributed by atoms with Crippen LogP contribution in [0.5, 0.6) is 11.5 Å². The SMILES string of the molecule is O=c1cc(CSc2nnc(Nc3ccc(Oc4ccccc4)cc3)s2)nc2sccn12. The summed E-state index contributed by atoms with van der Waals surface area (Å²) in [4.78, 5) is 17.3. The summed E-state index contributed by atoms with van der Waals surface area (Å²) in [5.41, 5.74) is 1.56. The molecular formula is C21H15N5O2S3. The summed E-state index contributed by atoms with van der Waals surface area (Å²) in [6.07, 6.45) is 1.73.